The molecule has 4 heteroatoms. The Morgan fingerprint density at radius 2 is 2.25 bits per heavy atom. The number of furan rings is 1. The van der Waals surface area contributed by atoms with Crippen molar-refractivity contribution >= 4 is 0 Å². The van der Waals surface area contributed by atoms with Crippen molar-refractivity contribution in [1.29, 1.82) is 0 Å². The fraction of sp³-hybridized carbons (Fsp3) is 0.667. The standard InChI is InChI=1S/C12H22N2O2/c1-3-14(6-8-15-4-2)10-11-5-7-16-12(11)9-13/h5,7H,3-4,6,8-10,13H2,1-2H3. The van der Waals surface area contributed by atoms with Crippen LogP contribution in [0.3, 0.4) is 0 Å². The third-order valence-electron chi connectivity index (χ3n) is 2.62. The van der Waals surface area contributed by atoms with Gasteiger partial charge in [0.25, 0.3) is 0 Å². The van der Waals surface area contributed by atoms with Gasteiger partial charge in [-0.15, -0.1) is 0 Å². The minimum Gasteiger partial charge on any atom is -0.468 e. The van der Waals surface area contributed by atoms with E-state index >= 15 is 0 Å². The van der Waals surface area contributed by atoms with E-state index in [0.717, 1.165) is 38.6 Å². The Morgan fingerprint density at radius 3 is 2.88 bits per heavy atom. The molecule has 0 amide bonds. The van der Waals surface area contributed by atoms with Crippen LogP contribution < -0.4 is 5.73 Å². The number of hydrogen-bond acceptors (Lipinski definition) is 4. The number of nitrogens with two attached hydrogens (primary N) is 1. The Bertz CT molecular complexity index is 286. The molecule has 2 N–H and O–H groups in total. The first-order chi connectivity index (χ1) is 7.81. The molecule has 0 saturated carbocycles. The van der Waals surface area contributed by atoms with Gasteiger partial charge in [-0.25, -0.2) is 0 Å². The molecule has 1 aromatic rings. The summed E-state index contributed by atoms with van der Waals surface area (Å²) in [6, 6.07) is 1.99. The quantitative estimate of drug-likeness (QED) is 0.684. The number of nitrogens with zero attached hydrogens (tertiary/aromatic N) is 1. The highest BCUT2D eigenvalue weighted by molar-refractivity contribution is 5.16. The van der Waals surface area contributed by atoms with E-state index in [9.17, 15) is 0 Å². The molecule has 0 unspecified atom stereocenters. The molecular formula is C12H22N2O2. The van der Waals surface area contributed by atoms with Crippen LogP contribution >= 0.6 is 0 Å². The normalized spacial score (nSPS) is 11.2. The van der Waals surface area contributed by atoms with Crippen LogP contribution in [-0.4, -0.2) is 31.2 Å². The van der Waals surface area contributed by atoms with E-state index in [0.29, 0.717) is 6.54 Å². The Morgan fingerprint density at radius 1 is 1.44 bits per heavy atom. The van der Waals surface area contributed by atoms with Gasteiger partial charge in [0, 0.05) is 25.3 Å². The van der Waals surface area contributed by atoms with Gasteiger partial charge in [0.15, 0.2) is 0 Å². The number of hydrogen-bond donors (Lipinski definition) is 1. The molecule has 4 nitrogen and oxygen atoms in total. The molecule has 0 aromatic carbocycles. The van der Waals surface area contributed by atoms with Crippen molar-refractivity contribution in [3.8, 4) is 0 Å². The van der Waals surface area contributed by atoms with E-state index < -0.39 is 0 Å². The van der Waals surface area contributed by atoms with Gasteiger partial charge in [0.1, 0.15) is 5.76 Å². The summed E-state index contributed by atoms with van der Waals surface area (Å²) in [5.41, 5.74) is 6.78. The van der Waals surface area contributed by atoms with Crippen molar-refractivity contribution in [2.75, 3.05) is 26.3 Å². The first-order valence-electron chi connectivity index (χ1n) is 5.87. The van der Waals surface area contributed by atoms with Gasteiger partial charge in [-0.2, -0.15) is 0 Å². The number of ether oxygens (including phenoxy) is 1. The highest BCUT2D eigenvalue weighted by atomic mass is 16.5. The first kappa shape index (κ1) is 13.2. The minimum absolute atomic E-state index is 0.464. The van der Waals surface area contributed by atoms with Gasteiger partial charge in [0.05, 0.1) is 19.4 Å². The summed E-state index contributed by atoms with van der Waals surface area (Å²) in [6.45, 7) is 9.00. The molecule has 0 bridgehead atoms. The molecule has 0 atom stereocenters. The molecule has 0 aliphatic carbocycles. The van der Waals surface area contributed by atoms with Crippen molar-refractivity contribution in [3.05, 3.63) is 23.7 Å². The SMILES string of the molecule is CCOCCN(CC)Cc1ccoc1CN. The molecule has 16 heavy (non-hydrogen) atoms. The van der Waals surface area contributed by atoms with Crippen LogP contribution in [0, 0.1) is 0 Å². The molecule has 1 heterocycles. The molecule has 0 spiro atoms. The molecule has 1 aromatic heterocycles. The van der Waals surface area contributed by atoms with Gasteiger partial charge < -0.3 is 14.9 Å². The topological polar surface area (TPSA) is 51.6 Å². The van der Waals surface area contributed by atoms with E-state index in [1.54, 1.807) is 6.26 Å². The minimum atomic E-state index is 0.464. The van der Waals surface area contributed by atoms with Gasteiger partial charge in [0.2, 0.25) is 0 Å². The molecule has 92 valence electrons. The summed E-state index contributed by atoms with van der Waals surface area (Å²) in [7, 11) is 0. The van der Waals surface area contributed by atoms with Gasteiger partial charge >= 0.3 is 0 Å². The fourth-order valence-electron chi connectivity index (χ4n) is 1.61. The summed E-state index contributed by atoms with van der Waals surface area (Å²) < 4.78 is 10.7. The number of rotatable bonds is 8. The third kappa shape index (κ3) is 3.96. The van der Waals surface area contributed by atoms with Gasteiger partial charge in [-0.05, 0) is 19.5 Å². The monoisotopic (exact) mass is 226 g/mol. The van der Waals surface area contributed by atoms with Crippen LogP contribution in [0.4, 0.5) is 0 Å². The maximum Gasteiger partial charge on any atom is 0.121 e. The van der Waals surface area contributed by atoms with Crippen LogP contribution in [0.5, 0.6) is 0 Å². The second kappa shape index (κ2) is 7.44. The second-order valence-electron chi connectivity index (χ2n) is 3.64. The fourth-order valence-corrected chi connectivity index (χ4v) is 1.61. The van der Waals surface area contributed by atoms with E-state index in [-0.39, 0.29) is 0 Å². The van der Waals surface area contributed by atoms with Crippen molar-refractivity contribution in [3.63, 3.8) is 0 Å². The molecule has 0 fully saturated rings. The van der Waals surface area contributed by atoms with E-state index in [1.165, 1.54) is 5.56 Å². The van der Waals surface area contributed by atoms with Crippen LogP contribution in [0.2, 0.25) is 0 Å². The summed E-state index contributed by atoms with van der Waals surface area (Å²) >= 11 is 0. The van der Waals surface area contributed by atoms with Crippen LogP contribution in [0.25, 0.3) is 0 Å². The first-order valence-corrected chi connectivity index (χ1v) is 5.87. The van der Waals surface area contributed by atoms with E-state index in [4.69, 9.17) is 14.9 Å². The third-order valence-corrected chi connectivity index (χ3v) is 2.62. The lowest BCUT2D eigenvalue weighted by Crippen LogP contribution is -2.27. The summed E-state index contributed by atoms with van der Waals surface area (Å²) in [4.78, 5) is 2.32. The average molecular weight is 226 g/mol. The van der Waals surface area contributed by atoms with Crippen molar-refractivity contribution in [1.82, 2.24) is 4.90 Å². The molecule has 0 aliphatic heterocycles. The smallest absolute Gasteiger partial charge is 0.121 e. The maximum atomic E-state index is 5.60. The van der Waals surface area contributed by atoms with Crippen molar-refractivity contribution < 1.29 is 9.15 Å². The predicted octanol–water partition coefficient (Wildman–Crippen LogP) is 1.60. The zero-order chi connectivity index (χ0) is 11.8. The number of likely N-dealkylation sites (N-methyl/N-ethyl adjacent to an activating group) is 1. The summed E-state index contributed by atoms with van der Waals surface area (Å²) in [5.74, 6) is 0.884. The lowest BCUT2D eigenvalue weighted by atomic mass is 10.2. The van der Waals surface area contributed by atoms with Crippen LogP contribution in [0.1, 0.15) is 25.2 Å². The van der Waals surface area contributed by atoms with Crippen LogP contribution in [-0.2, 0) is 17.8 Å². The molecule has 0 aliphatic rings. The largest absolute Gasteiger partial charge is 0.468 e. The molecule has 0 radical (unpaired) electrons. The lowest BCUT2D eigenvalue weighted by molar-refractivity contribution is 0.112. The molecule has 0 saturated heterocycles. The molecule has 1 rings (SSSR count). The highest BCUT2D eigenvalue weighted by Gasteiger charge is 2.09. The Kier molecular flexibility index (Phi) is 6.15. The Balaban J connectivity index is 2.43. The van der Waals surface area contributed by atoms with E-state index in [2.05, 4.69) is 11.8 Å². The van der Waals surface area contributed by atoms with Gasteiger partial charge in [-0.1, -0.05) is 6.92 Å². The lowest BCUT2D eigenvalue weighted by Gasteiger charge is -2.19. The highest BCUT2D eigenvalue weighted by Crippen LogP contribution is 2.12. The Labute approximate surface area is 97.4 Å². The Hall–Kier alpha value is -0.840. The predicted molar refractivity (Wildman–Crippen MR) is 64.0 cm³/mol. The molecular weight excluding hydrogens is 204 g/mol. The van der Waals surface area contributed by atoms with Gasteiger partial charge in [-0.3, -0.25) is 4.90 Å². The maximum absolute atomic E-state index is 5.60. The van der Waals surface area contributed by atoms with E-state index in [1.807, 2.05) is 13.0 Å². The van der Waals surface area contributed by atoms with Crippen molar-refractivity contribution in [2.24, 2.45) is 5.73 Å². The summed E-state index contributed by atoms with van der Waals surface area (Å²) in [5, 5.41) is 0. The zero-order valence-corrected chi connectivity index (χ0v) is 10.2. The zero-order valence-electron chi connectivity index (χ0n) is 10.2. The van der Waals surface area contributed by atoms with Crippen LogP contribution in [0.15, 0.2) is 16.7 Å². The second-order valence-corrected chi connectivity index (χ2v) is 3.64. The van der Waals surface area contributed by atoms with Crippen molar-refractivity contribution in [2.45, 2.75) is 26.9 Å². The summed E-state index contributed by atoms with van der Waals surface area (Å²) in [6.07, 6.45) is 1.70. The average Bonchev–Trinajstić information content (AvgIpc) is 2.75.